The number of amides is 2. The minimum Gasteiger partial charge on any atom is -0.343 e. The molecule has 0 aliphatic carbocycles. The molecule has 1 fully saturated rings. The fourth-order valence-electron chi connectivity index (χ4n) is 1.80. The molecule has 4 nitrogen and oxygen atoms in total. The highest BCUT2D eigenvalue weighted by molar-refractivity contribution is 7.10. The summed E-state index contributed by atoms with van der Waals surface area (Å²) >= 11 is 7.48. The Morgan fingerprint density at radius 1 is 1.59 bits per heavy atom. The van der Waals surface area contributed by atoms with Crippen LogP contribution in [0.4, 0.5) is 0 Å². The van der Waals surface area contributed by atoms with Gasteiger partial charge in [0.2, 0.25) is 11.8 Å². The van der Waals surface area contributed by atoms with E-state index in [1.54, 1.807) is 11.0 Å². The fraction of sp³-hybridized carbons (Fsp3) is 0.455. The minimum atomic E-state index is -0.394. The third-order valence-electron chi connectivity index (χ3n) is 2.71. The predicted molar refractivity (Wildman–Crippen MR) is 67.0 cm³/mol. The van der Waals surface area contributed by atoms with Gasteiger partial charge < -0.3 is 10.2 Å². The van der Waals surface area contributed by atoms with Gasteiger partial charge in [0.15, 0.2) is 0 Å². The lowest BCUT2D eigenvalue weighted by molar-refractivity contribution is -0.144. The van der Waals surface area contributed by atoms with Crippen molar-refractivity contribution in [3.63, 3.8) is 0 Å². The van der Waals surface area contributed by atoms with E-state index >= 15 is 0 Å². The Morgan fingerprint density at radius 2 is 2.35 bits per heavy atom. The largest absolute Gasteiger partial charge is 0.343 e. The molecule has 1 aliphatic rings. The van der Waals surface area contributed by atoms with E-state index in [-0.39, 0.29) is 18.4 Å². The van der Waals surface area contributed by atoms with Crippen molar-refractivity contribution in [2.75, 3.05) is 6.54 Å². The van der Waals surface area contributed by atoms with Gasteiger partial charge in [0.25, 0.3) is 0 Å². The van der Waals surface area contributed by atoms with Gasteiger partial charge in [-0.2, -0.15) is 0 Å². The van der Waals surface area contributed by atoms with E-state index in [1.165, 1.54) is 11.3 Å². The number of rotatable bonds is 3. The van der Waals surface area contributed by atoms with Crippen LogP contribution in [0.15, 0.2) is 11.4 Å². The van der Waals surface area contributed by atoms with Crippen LogP contribution in [0, 0.1) is 0 Å². The molecule has 0 radical (unpaired) electrons. The normalized spacial score (nSPS) is 20.6. The molecule has 1 aromatic heterocycles. The van der Waals surface area contributed by atoms with Gasteiger partial charge in [-0.1, -0.05) is 18.5 Å². The summed E-state index contributed by atoms with van der Waals surface area (Å²) in [6.07, 6.45) is 0.610. The van der Waals surface area contributed by atoms with Crippen molar-refractivity contribution in [3.05, 3.63) is 21.3 Å². The molecule has 6 heteroatoms. The minimum absolute atomic E-state index is 0.0310. The maximum atomic E-state index is 12.0. The van der Waals surface area contributed by atoms with Gasteiger partial charge in [-0.3, -0.25) is 9.59 Å². The van der Waals surface area contributed by atoms with E-state index in [2.05, 4.69) is 5.32 Å². The van der Waals surface area contributed by atoms with Crippen LogP contribution in [-0.4, -0.2) is 29.3 Å². The summed E-state index contributed by atoms with van der Waals surface area (Å²) in [6, 6.07) is 1.41. The fourth-order valence-corrected chi connectivity index (χ4v) is 2.91. The lowest BCUT2D eigenvalue weighted by Crippen LogP contribution is -2.57. The molecule has 1 atom stereocenters. The Labute approximate surface area is 109 Å². The number of carbonyl (C=O) groups excluding carboxylic acids is 2. The maximum absolute atomic E-state index is 12.0. The zero-order valence-corrected chi connectivity index (χ0v) is 11.0. The number of hydrogen-bond donors (Lipinski definition) is 1. The summed E-state index contributed by atoms with van der Waals surface area (Å²) in [4.78, 5) is 26.0. The van der Waals surface area contributed by atoms with Crippen LogP contribution in [-0.2, 0) is 16.1 Å². The second-order valence-corrected chi connectivity index (χ2v) is 5.32. The van der Waals surface area contributed by atoms with Gasteiger partial charge in [0, 0.05) is 4.88 Å². The summed E-state index contributed by atoms with van der Waals surface area (Å²) in [5.41, 5.74) is 0. The summed E-state index contributed by atoms with van der Waals surface area (Å²) in [5, 5.41) is 5.21. The second kappa shape index (κ2) is 5.06. The SMILES string of the molecule is CCC1NC(=O)CN(Cc2sccc2Cl)C1=O. The highest BCUT2D eigenvalue weighted by Crippen LogP contribution is 2.24. The average Bonchev–Trinajstić information content (AvgIpc) is 2.69. The molecule has 0 saturated carbocycles. The molecule has 1 saturated heterocycles. The van der Waals surface area contributed by atoms with E-state index in [0.29, 0.717) is 18.0 Å². The number of thiophene rings is 1. The molecule has 2 amide bonds. The van der Waals surface area contributed by atoms with Crippen molar-refractivity contribution in [3.8, 4) is 0 Å². The smallest absolute Gasteiger partial charge is 0.245 e. The molecule has 0 aromatic carbocycles. The summed E-state index contributed by atoms with van der Waals surface area (Å²) in [7, 11) is 0. The van der Waals surface area contributed by atoms with Gasteiger partial charge in [-0.05, 0) is 17.9 Å². The van der Waals surface area contributed by atoms with E-state index in [9.17, 15) is 9.59 Å². The predicted octanol–water partition coefficient (Wildman–Crippen LogP) is 1.64. The summed E-state index contributed by atoms with van der Waals surface area (Å²) in [5.74, 6) is -0.138. The standard InChI is InChI=1S/C11H13ClN2O2S/c1-2-8-11(16)14(6-10(15)13-8)5-9-7(12)3-4-17-9/h3-4,8H,2,5-6H2,1H3,(H,13,15). The quantitative estimate of drug-likeness (QED) is 0.909. The van der Waals surface area contributed by atoms with Gasteiger partial charge in [0.1, 0.15) is 6.04 Å². The van der Waals surface area contributed by atoms with Crippen LogP contribution < -0.4 is 5.32 Å². The third-order valence-corrected chi connectivity index (χ3v) is 4.09. The lowest BCUT2D eigenvalue weighted by Gasteiger charge is -2.31. The van der Waals surface area contributed by atoms with Crippen LogP contribution in [0.2, 0.25) is 5.02 Å². The summed E-state index contributed by atoms with van der Waals surface area (Å²) < 4.78 is 0. The number of nitrogens with one attached hydrogen (secondary N) is 1. The van der Waals surface area contributed by atoms with Crippen LogP contribution in [0.5, 0.6) is 0 Å². The Kier molecular flexibility index (Phi) is 3.69. The first kappa shape index (κ1) is 12.4. The van der Waals surface area contributed by atoms with E-state index in [0.717, 1.165) is 4.88 Å². The van der Waals surface area contributed by atoms with Crippen molar-refractivity contribution in [2.24, 2.45) is 0 Å². The molecule has 0 spiro atoms. The van der Waals surface area contributed by atoms with Crippen LogP contribution in [0.25, 0.3) is 0 Å². The molecule has 2 rings (SSSR count). The average molecular weight is 273 g/mol. The van der Waals surface area contributed by atoms with Crippen molar-refractivity contribution in [2.45, 2.75) is 25.9 Å². The number of piperazine rings is 1. The highest BCUT2D eigenvalue weighted by atomic mass is 35.5. The van der Waals surface area contributed by atoms with Crippen LogP contribution in [0.3, 0.4) is 0 Å². The first-order valence-electron chi connectivity index (χ1n) is 5.41. The number of hydrogen-bond acceptors (Lipinski definition) is 3. The molecule has 1 unspecified atom stereocenters. The van der Waals surface area contributed by atoms with Crippen LogP contribution in [0.1, 0.15) is 18.2 Å². The molecule has 2 heterocycles. The second-order valence-electron chi connectivity index (χ2n) is 3.91. The molecule has 1 N–H and O–H groups in total. The van der Waals surface area contributed by atoms with E-state index < -0.39 is 6.04 Å². The third kappa shape index (κ3) is 2.61. The topological polar surface area (TPSA) is 49.4 Å². The van der Waals surface area contributed by atoms with Gasteiger partial charge >= 0.3 is 0 Å². The molecule has 92 valence electrons. The van der Waals surface area contributed by atoms with Crippen molar-refractivity contribution in [1.82, 2.24) is 10.2 Å². The van der Waals surface area contributed by atoms with E-state index in [1.807, 2.05) is 12.3 Å². The van der Waals surface area contributed by atoms with Gasteiger partial charge in [0.05, 0.1) is 18.1 Å². The van der Waals surface area contributed by atoms with Gasteiger partial charge in [-0.25, -0.2) is 0 Å². The number of carbonyl (C=O) groups is 2. The Bertz CT molecular complexity index is 446. The monoisotopic (exact) mass is 272 g/mol. The Morgan fingerprint density at radius 3 is 2.94 bits per heavy atom. The maximum Gasteiger partial charge on any atom is 0.245 e. The van der Waals surface area contributed by atoms with Crippen molar-refractivity contribution in [1.29, 1.82) is 0 Å². The van der Waals surface area contributed by atoms with Crippen molar-refractivity contribution < 1.29 is 9.59 Å². The molecule has 17 heavy (non-hydrogen) atoms. The molecule has 0 bridgehead atoms. The number of nitrogens with zero attached hydrogens (tertiary/aromatic N) is 1. The first-order chi connectivity index (χ1) is 8.11. The molecule has 1 aliphatic heterocycles. The number of halogens is 1. The highest BCUT2D eigenvalue weighted by Gasteiger charge is 2.31. The lowest BCUT2D eigenvalue weighted by atomic mass is 10.1. The van der Waals surface area contributed by atoms with Gasteiger partial charge in [-0.15, -0.1) is 11.3 Å². The summed E-state index contributed by atoms with van der Waals surface area (Å²) in [6.45, 7) is 2.41. The zero-order chi connectivity index (χ0) is 12.4. The van der Waals surface area contributed by atoms with E-state index in [4.69, 9.17) is 11.6 Å². The zero-order valence-electron chi connectivity index (χ0n) is 9.40. The Hall–Kier alpha value is -1.07. The molecular formula is C11H13ClN2O2S. The van der Waals surface area contributed by atoms with Crippen LogP contribution >= 0.6 is 22.9 Å². The first-order valence-corrected chi connectivity index (χ1v) is 6.67. The Balaban J connectivity index is 2.12. The molecular weight excluding hydrogens is 260 g/mol. The molecule has 1 aromatic rings. The van der Waals surface area contributed by atoms with Crippen molar-refractivity contribution >= 4 is 34.8 Å².